The zero-order chi connectivity index (χ0) is 14.8. The Morgan fingerprint density at radius 3 is 2.59 bits per heavy atom. The molecule has 1 saturated carbocycles. The molecule has 3 nitrogen and oxygen atoms in total. The number of hydrogen-bond acceptors (Lipinski definition) is 3. The van der Waals surface area contributed by atoms with Gasteiger partial charge in [-0.05, 0) is 42.5 Å². The van der Waals surface area contributed by atoms with Crippen LogP contribution in [0.5, 0.6) is 5.75 Å². The summed E-state index contributed by atoms with van der Waals surface area (Å²) in [5.74, 6) is 1.12. The third-order valence-corrected chi connectivity index (χ3v) is 4.56. The van der Waals surface area contributed by atoms with Gasteiger partial charge < -0.3 is 15.6 Å². The minimum Gasteiger partial charge on any atom is -0.494 e. The zero-order valence-electron chi connectivity index (χ0n) is 12.9. The second-order valence-corrected chi connectivity index (χ2v) is 5.84. The lowest BCUT2D eigenvalue weighted by atomic mass is 9.77. The molecule has 2 atom stereocenters. The van der Waals surface area contributed by atoms with Gasteiger partial charge in [0.1, 0.15) is 5.75 Å². The van der Waals surface area contributed by atoms with Crippen molar-refractivity contribution in [2.75, 3.05) is 6.61 Å². The van der Waals surface area contributed by atoms with Crippen molar-refractivity contribution in [3.05, 3.63) is 42.0 Å². The Balaban J connectivity index is 0.00000176. The highest BCUT2D eigenvalue weighted by molar-refractivity contribution is 5.88. The highest BCUT2D eigenvalue weighted by Gasteiger charge is 2.32. The summed E-state index contributed by atoms with van der Waals surface area (Å²) in [5.41, 5.74) is 7.36. The van der Waals surface area contributed by atoms with Crippen molar-refractivity contribution in [2.45, 2.75) is 38.3 Å². The number of aliphatic hydroxyl groups excluding tert-OH is 1. The monoisotopic (exact) mass is 321 g/mol. The Morgan fingerprint density at radius 2 is 1.95 bits per heavy atom. The van der Waals surface area contributed by atoms with Crippen molar-refractivity contribution < 1.29 is 9.84 Å². The highest BCUT2D eigenvalue weighted by Crippen LogP contribution is 2.39. The van der Waals surface area contributed by atoms with Crippen molar-refractivity contribution in [1.82, 2.24) is 0 Å². The first-order valence-corrected chi connectivity index (χ1v) is 7.80. The average molecular weight is 322 g/mol. The van der Waals surface area contributed by atoms with Gasteiger partial charge in [0.2, 0.25) is 0 Å². The summed E-state index contributed by atoms with van der Waals surface area (Å²) in [6.07, 6.45) is 2.85. The smallest absolute Gasteiger partial charge is 0.124 e. The zero-order valence-corrected chi connectivity index (χ0v) is 13.7. The van der Waals surface area contributed by atoms with Gasteiger partial charge in [0.05, 0.1) is 18.8 Å². The third kappa shape index (κ3) is 3.07. The van der Waals surface area contributed by atoms with E-state index in [9.17, 15) is 5.11 Å². The van der Waals surface area contributed by atoms with E-state index in [2.05, 4.69) is 12.1 Å². The molecule has 0 spiro atoms. The Kier molecular flexibility index (Phi) is 5.68. The quantitative estimate of drug-likeness (QED) is 0.880. The van der Waals surface area contributed by atoms with Crippen LogP contribution in [-0.4, -0.2) is 17.8 Å². The molecule has 1 fully saturated rings. The first kappa shape index (κ1) is 17.1. The highest BCUT2D eigenvalue weighted by atomic mass is 35.5. The normalized spacial score (nSPS) is 17.4. The molecule has 0 unspecified atom stereocenters. The molecule has 2 aromatic rings. The molecule has 0 aliphatic heterocycles. The molecule has 0 amide bonds. The van der Waals surface area contributed by atoms with Gasteiger partial charge in [0.25, 0.3) is 0 Å². The van der Waals surface area contributed by atoms with Crippen LogP contribution in [0.1, 0.15) is 37.8 Å². The average Bonchev–Trinajstić information content (AvgIpc) is 2.45. The number of halogens is 1. The van der Waals surface area contributed by atoms with Crippen molar-refractivity contribution in [3.8, 4) is 5.75 Å². The fourth-order valence-corrected chi connectivity index (χ4v) is 3.15. The fourth-order valence-electron chi connectivity index (χ4n) is 3.15. The van der Waals surface area contributed by atoms with Crippen LogP contribution in [-0.2, 0) is 0 Å². The number of rotatable bonds is 5. The van der Waals surface area contributed by atoms with E-state index in [0.717, 1.165) is 34.9 Å². The lowest BCUT2D eigenvalue weighted by Crippen LogP contribution is -2.36. The van der Waals surface area contributed by atoms with E-state index in [1.807, 2.05) is 31.2 Å². The van der Waals surface area contributed by atoms with Gasteiger partial charge >= 0.3 is 0 Å². The minimum absolute atomic E-state index is 0. The van der Waals surface area contributed by atoms with Gasteiger partial charge in [-0.2, -0.15) is 0 Å². The molecule has 0 bridgehead atoms. The van der Waals surface area contributed by atoms with E-state index in [1.54, 1.807) is 0 Å². The second-order valence-electron chi connectivity index (χ2n) is 5.84. The van der Waals surface area contributed by atoms with Crippen LogP contribution in [0.3, 0.4) is 0 Å². The molecule has 3 N–H and O–H groups in total. The number of hydrogen-bond donors (Lipinski definition) is 2. The van der Waals surface area contributed by atoms with Crippen molar-refractivity contribution in [3.63, 3.8) is 0 Å². The van der Waals surface area contributed by atoms with Crippen molar-refractivity contribution in [2.24, 2.45) is 11.7 Å². The molecule has 0 aromatic heterocycles. The van der Waals surface area contributed by atoms with E-state index < -0.39 is 12.1 Å². The summed E-state index contributed by atoms with van der Waals surface area (Å²) in [6.45, 7) is 2.56. The molecule has 2 aromatic carbocycles. The summed E-state index contributed by atoms with van der Waals surface area (Å²) in [6, 6.07) is 11.8. The van der Waals surface area contributed by atoms with Crippen LogP contribution in [0, 0.1) is 5.92 Å². The lowest BCUT2D eigenvalue weighted by molar-refractivity contribution is 0.0410. The van der Waals surface area contributed by atoms with E-state index in [1.165, 1.54) is 6.42 Å². The molecule has 22 heavy (non-hydrogen) atoms. The summed E-state index contributed by atoms with van der Waals surface area (Å²) in [4.78, 5) is 0. The number of ether oxygens (including phenoxy) is 1. The number of nitrogens with two attached hydrogens (primary N) is 1. The van der Waals surface area contributed by atoms with Gasteiger partial charge in [-0.3, -0.25) is 0 Å². The van der Waals surface area contributed by atoms with E-state index in [4.69, 9.17) is 10.5 Å². The van der Waals surface area contributed by atoms with E-state index in [-0.39, 0.29) is 12.4 Å². The van der Waals surface area contributed by atoms with Gasteiger partial charge in [-0.25, -0.2) is 0 Å². The lowest BCUT2D eigenvalue weighted by Gasteiger charge is -2.34. The fraction of sp³-hybridized carbons (Fsp3) is 0.444. The molecular weight excluding hydrogens is 298 g/mol. The van der Waals surface area contributed by atoms with Crippen molar-refractivity contribution >= 4 is 23.2 Å². The van der Waals surface area contributed by atoms with Gasteiger partial charge in [-0.1, -0.05) is 36.8 Å². The predicted molar refractivity (Wildman–Crippen MR) is 92.6 cm³/mol. The Morgan fingerprint density at radius 1 is 1.23 bits per heavy atom. The Labute approximate surface area is 137 Å². The Hall–Kier alpha value is -1.29. The van der Waals surface area contributed by atoms with Crippen LogP contribution in [0.4, 0.5) is 0 Å². The summed E-state index contributed by atoms with van der Waals surface area (Å²) in [7, 11) is 0. The summed E-state index contributed by atoms with van der Waals surface area (Å²) >= 11 is 0. The molecule has 1 aliphatic rings. The molecule has 120 valence electrons. The van der Waals surface area contributed by atoms with Crippen LogP contribution < -0.4 is 10.5 Å². The largest absolute Gasteiger partial charge is 0.494 e. The minimum atomic E-state index is -0.497. The van der Waals surface area contributed by atoms with Gasteiger partial charge in [-0.15, -0.1) is 12.4 Å². The SMILES string of the molecule is CCOc1ccc2ccccc2c1[C@@H](N)[C@@H](O)C1CCC1.Cl. The van der Waals surface area contributed by atoms with Crippen LogP contribution in [0.2, 0.25) is 0 Å². The first-order chi connectivity index (χ1) is 10.2. The maximum absolute atomic E-state index is 10.6. The van der Waals surface area contributed by atoms with Gasteiger partial charge in [0, 0.05) is 5.56 Å². The number of benzene rings is 2. The van der Waals surface area contributed by atoms with Gasteiger partial charge in [0.15, 0.2) is 0 Å². The molecular formula is C18H24ClNO2. The van der Waals surface area contributed by atoms with Crippen LogP contribution in [0.25, 0.3) is 10.8 Å². The van der Waals surface area contributed by atoms with Crippen LogP contribution >= 0.6 is 12.4 Å². The molecule has 3 rings (SSSR count). The first-order valence-electron chi connectivity index (χ1n) is 7.80. The van der Waals surface area contributed by atoms with Crippen molar-refractivity contribution in [1.29, 1.82) is 0 Å². The standard InChI is InChI=1S/C18H23NO2.ClH/c1-2-21-15-11-10-12-6-3-4-9-14(12)16(15)17(19)18(20)13-7-5-8-13;/h3-4,6,9-11,13,17-18,20H,2,5,7-8,19H2,1H3;1H/t17-,18+;/m1./s1. The topological polar surface area (TPSA) is 55.5 Å². The molecule has 4 heteroatoms. The molecule has 0 heterocycles. The Bertz CT molecular complexity index is 628. The van der Waals surface area contributed by atoms with E-state index in [0.29, 0.717) is 12.5 Å². The second kappa shape index (κ2) is 7.32. The van der Waals surface area contributed by atoms with E-state index >= 15 is 0 Å². The maximum atomic E-state index is 10.6. The number of fused-ring (bicyclic) bond motifs is 1. The maximum Gasteiger partial charge on any atom is 0.124 e. The molecule has 1 aliphatic carbocycles. The molecule has 0 saturated heterocycles. The molecule has 0 radical (unpaired) electrons. The third-order valence-electron chi connectivity index (χ3n) is 4.56. The summed E-state index contributed by atoms with van der Waals surface area (Å²) in [5, 5.41) is 12.8. The predicted octanol–water partition coefficient (Wildman–Crippen LogP) is 3.82. The summed E-state index contributed by atoms with van der Waals surface area (Å²) < 4.78 is 5.76. The van der Waals surface area contributed by atoms with Crippen LogP contribution in [0.15, 0.2) is 36.4 Å². The number of aliphatic hydroxyl groups is 1.